The molecule has 0 unspecified atom stereocenters. The summed E-state index contributed by atoms with van der Waals surface area (Å²) in [7, 11) is 0. The van der Waals surface area contributed by atoms with Crippen molar-refractivity contribution in [3.05, 3.63) is 83.8 Å². The number of anilines is 1. The summed E-state index contributed by atoms with van der Waals surface area (Å²) in [5.74, 6) is -1.91. The van der Waals surface area contributed by atoms with E-state index < -0.39 is 29.0 Å². The number of fused-ring (bicyclic) bond motifs is 1. The van der Waals surface area contributed by atoms with Crippen LogP contribution in [0.5, 0.6) is 5.88 Å². The topological polar surface area (TPSA) is 111 Å². The van der Waals surface area contributed by atoms with Crippen LogP contribution in [-0.4, -0.2) is 27.5 Å². The summed E-state index contributed by atoms with van der Waals surface area (Å²) in [4.78, 5) is 43.6. The molecule has 0 bridgehead atoms. The lowest BCUT2D eigenvalue weighted by Gasteiger charge is -2.17. The monoisotopic (exact) mass is 446 g/mol. The summed E-state index contributed by atoms with van der Waals surface area (Å²) in [5, 5.41) is 14.0. The van der Waals surface area contributed by atoms with Crippen molar-refractivity contribution in [3.63, 3.8) is 0 Å². The van der Waals surface area contributed by atoms with Gasteiger partial charge in [-0.1, -0.05) is 30.3 Å². The lowest BCUT2D eigenvalue weighted by atomic mass is 9.98. The summed E-state index contributed by atoms with van der Waals surface area (Å²) >= 11 is 0. The van der Waals surface area contributed by atoms with Gasteiger partial charge in [-0.15, -0.1) is 4.73 Å². The van der Waals surface area contributed by atoms with Gasteiger partial charge in [0.05, 0.1) is 22.8 Å². The Morgan fingerprint density at radius 1 is 1.00 bits per heavy atom. The summed E-state index contributed by atoms with van der Waals surface area (Å²) in [6.45, 7) is 5.01. The second kappa shape index (κ2) is 8.31. The van der Waals surface area contributed by atoms with Crippen LogP contribution in [-0.2, 0) is 4.79 Å². The highest BCUT2D eigenvalue weighted by atomic mass is 16.7. The maximum atomic E-state index is 13.2. The fourth-order valence-electron chi connectivity index (χ4n) is 3.20. The number of hydrogen-bond donors (Lipinski definition) is 2. The smallest absolute Gasteiger partial charge is 0.338 e. The number of rotatable bonds is 5. The van der Waals surface area contributed by atoms with Gasteiger partial charge in [0.2, 0.25) is 5.88 Å². The molecule has 2 aromatic carbocycles. The predicted octanol–water partition coefficient (Wildman–Crippen LogP) is 4.42. The SMILES string of the molecule is CC(C)(C)C(=O)On1c(O)c(C(=O)c2ccccc2)c2ccc(NC(=O)c3ccco3)cc21. The lowest BCUT2D eigenvalue weighted by molar-refractivity contribution is -0.153. The van der Waals surface area contributed by atoms with E-state index in [2.05, 4.69) is 5.32 Å². The van der Waals surface area contributed by atoms with E-state index in [0.29, 0.717) is 16.6 Å². The molecule has 0 spiro atoms. The Bertz CT molecular complexity index is 1350. The van der Waals surface area contributed by atoms with Gasteiger partial charge in [-0.3, -0.25) is 9.59 Å². The first-order valence-electron chi connectivity index (χ1n) is 10.2. The van der Waals surface area contributed by atoms with E-state index in [0.717, 1.165) is 4.73 Å². The molecule has 0 aliphatic heterocycles. The molecule has 2 N–H and O–H groups in total. The summed E-state index contributed by atoms with van der Waals surface area (Å²) < 4.78 is 6.02. The molecular formula is C25H22N2O6. The molecule has 168 valence electrons. The van der Waals surface area contributed by atoms with E-state index in [1.165, 1.54) is 18.4 Å². The zero-order chi connectivity index (χ0) is 23.8. The quantitative estimate of drug-likeness (QED) is 0.439. The van der Waals surface area contributed by atoms with Gasteiger partial charge in [-0.2, -0.15) is 0 Å². The van der Waals surface area contributed by atoms with Gasteiger partial charge >= 0.3 is 5.97 Å². The van der Waals surface area contributed by atoms with Crippen molar-refractivity contribution in [1.82, 2.24) is 4.73 Å². The minimum Gasteiger partial charge on any atom is -0.492 e. The van der Waals surface area contributed by atoms with E-state index in [4.69, 9.17) is 9.25 Å². The standard InChI is InChI=1S/C25H22N2O6/c1-25(2,3)24(31)33-27-18-14-16(26-22(29)19-10-7-13-32-19)11-12-17(18)20(23(27)30)21(28)15-8-5-4-6-9-15/h4-14,30H,1-3H3,(H,26,29). The minimum atomic E-state index is -0.863. The van der Waals surface area contributed by atoms with Crippen LogP contribution in [0.15, 0.2) is 71.3 Å². The highest BCUT2D eigenvalue weighted by Crippen LogP contribution is 2.34. The van der Waals surface area contributed by atoms with Gasteiger partial charge in [-0.25, -0.2) is 4.79 Å². The molecule has 8 nitrogen and oxygen atoms in total. The Morgan fingerprint density at radius 2 is 1.73 bits per heavy atom. The first kappa shape index (κ1) is 21.9. The molecule has 0 atom stereocenters. The molecule has 4 aromatic rings. The van der Waals surface area contributed by atoms with E-state index >= 15 is 0 Å². The molecule has 0 fully saturated rings. The van der Waals surface area contributed by atoms with Crippen LogP contribution in [0.4, 0.5) is 5.69 Å². The van der Waals surface area contributed by atoms with E-state index in [9.17, 15) is 19.5 Å². The molecule has 0 saturated carbocycles. The number of carbonyl (C=O) groups excluding carboxylic acids is 3. The zero-order valence-corrected chi connectivity index (χ0v) is 18.3. The summed E-state index contributed by atoms with van der Waals surface area (Å²) in [6.07, 6.45) is 1.38. The molecule has 2 heterocycles. The Hall–Kier alpha value is -4.33. The van der Waals surface area contributed by atoms with Crippen LogP contribution in [0, 0.1) is 5.41 Å². The van der Waals surface area contributed by atoms with Crippen molar-refractivity contribution in [3.8, 4) is 5.88 Å². The van der Waals surface area contributed by atoms with Crippen LogP contribution in [0.2, 0.25) is 0 Å². The Labute approximate surface area is 189 Å². The van der Waals surface area contributed by atoms with Gasteiger partial charge in [-0.05, 0) is 51.1 Å². The third-order valence-corrected chi connectivity index (χ3v) is 4.95. The first-order valence-corrected chi connectivity index (χ1v) is 10.2. The molecule has 1 amide bonds. The molecule has 0 aliphatic carbocycles. The number of nitrogens with zero attached hydrogens (tertiary/aromatic N) is 1. The number of benzene rings is 2. The third-order valence-electron chi connectivity index (χ3n) is 4.95. The Morgan fingerprint density at radius 3 is 2.36 bits per heavy atom. The number of carbonyl (C=O) groups is 3. The highest BCUT2D eigenvalue weighted by molar-refractivity contribution is 6.19. The number of amides is 1. The van der Waals surface area contributed by atoms with Gasteiger partial charge in [0.15, 0.2) is 11.5 Å². The van der Waals surface area contributed by atoms with Gasteiger partial charge in [0, 0.05) is 16.6 Å². The molecule has 0 aliphatic rings. The number of furan rings is 1. The largest absolute Gasteiger partial charge is 0.492 e. The second-order valence-electron chi connectivity index (χ2n) is 8.48. The Balaban J connectivity index is 1.83. The molecule has 0 radical (unpaired) electrons. The van der Waals surface area contributed by atoms with Crippen molar-refractivity contribution < 1.29 is 28.7 Å². The third kappa shape index (κ3) is 4.23. The summed E-state index contributed by atoms with van der Waals surface area (Å²) in [6, 6.07) is 16.2. The second-order valence-corrected chi connectivity index (χ2v) is 8.48. The van der Waals surface area contributed by atoms with E-state index in [-0.39, 0.29) is 16.8 Å². The van der Waals surface area contributed by atoms with E-state index in [1.807, 2.05) is 0 Å². The Kier molecular flexibility index (Phi) is 5.51. The van der Waals surface area contributed by atoms with Crippen molar-refractivity contribution >= 4 is 34.3 Å². The molecule has 33 heavy (non-hydrogen) atoms. The lowest BCUT2D eigenvalue weighted by Crippen LogP contribution is -2.31. The fraction of sp³-hybridized carbons (Fsp3) is 0.160. The van der Waals surface area contributed by atoms with Gasteiger partial charge in [0.1, 0.15) is 0 Å². The molecule has 8 heteroatoms. The number of ketones is 1. The van der Waals surface area contributed by atoms with Crippen LogP contribution in [0.3, 0.4) is 0 Å². The van der Waals surface area contributed by atoms with Crippen molar-refractivity contribution in [2.24, 2.45) is 5.41 Å². The van der Waals surface area contributed by atoms with Crippen LogP contribution in [0.25, 0.3) is 10.9 Å². The van der Waals surface area contributed by atoms with Crippen molar-refractivity contribution in [2.75, 3.05) is 5.32 Å². The predicted molar refractivity (Wildman–Crippen MR) is 121 cm³/mol. The van der Waals surface area contributed by atoms with Crippen LogP contribution < -0.4 is 10.2 Å². The van der Waals surface area contributed by atoms with Gasteiger partial charge in [0.25, 0.3) is 5.91 Å². The van der Waals surface area contributed by atoms with Gasteiger partial charge < -0.3 is 19.7 Å². The molecule has 0 saturated heterocycles. The highest BCUT2D eigenvalue weighted by Gasteiger charge is 2.30. The minimum absolute atomic E-state index is 0.0122. The maximum absolute atomic E-state index is 13.2. The molecule has 2 aromatic heterocycles. The van der Waals surface area contributed by atoms with Crippen molar-refractivity contribution in [1.29, 1.82) is 0 Å². The molecule has 4 rings (SSSR count). The summed E-state index contributed by atoms with van der Waals surface area (Å²) in [5.41, 5.74) is 0.0819. The fourth-order valence-corrected chi connectivity index (χ4v) is 3.20. The normalized spacial score (nSPS) is 11.4. The number of nitrogens with one attached hydrogen (secondary N) is 1. The van der Waals surface area contributed by atoms with E-state index in [1.54, 1.807) is 69.3 Å². The first-order chi connectivity index (χ1) is 15.7. The van der Waals surface area contributed by atoms with Crippen LogP contribution >= 0.6 is 0 Å². The number of aromatic nitrogens is 1. The average molecular weight is 446 g/mol. The molecular weight excluding hydrogens is 424 g/mol. The number of hydrogen-bond acceptors (Lipinski definition) is 6. The maximum Gasteiger partial charge on any atom is 0.338 e. The van der Waals surface area contributed by atoms with Crippen LogP contribution in [0.1, 0.15) is 47.2 Å². The average Bonchev–Trinajstić information content (AvgIpc) is 3.41. The zero-order valence-electron chi connectivity index (χ0n) is 18.3. The van der Waals surface area contributed by atoms with Crippen molar-refractivity contribution in [2.45, 2.75) is 20.8 Å². The number of aromatic hydroxyl groups is 1.